The summed E-state index contributed by atoms with van der Waals surface area (Å²) >= 11 is 0. The number of carbonyl (C=O) groups excluding carboxylic acids is 1. The molecule has 4 heteroatoms. The molecule has 0 radical (unpaired) electrons. The van der Waals surface area contributed by atoms with Crippen LogP contribution in [-0.2, 0) is 14.3 Å². The van der Waals surface area contributed by atoms with Gasteiger partial charge < -0.3 is 14.6 Å². The lowest BCUT2D eigenvalue weighted by Crippen LogP contribution is -2.32. The average Bonchev–Trinajstić information content (AvgIpc) is 2.43. The summed E-state index contributed by atoms with van der Waals surface area (Å²) in [6.07, 6.45) is -0.517. The highest BCUT2D eigenvalue weighted by Gasteiger charge is 2.38. The zero-order valence-corrected chi connectivity index (χ0v) is 8.24. The highest BCUT2D eigenvalue weighted by atomic mass is 16.7. The molecule has 1 unspecified atom stereocenters. The van der Waals surface area contributed by atoms with Gasteiger partial charge in [-0.25, -0.2) is 0 Å². The molecule has 1 aliphatic heterocycles. The van der Waals surface area contributed by atoms with Crippen molar-refractivity contribution in [2.24, 2.45) is 5.92 Å². The summed E-state index contributed by atoms with van der Waals surface area (Å²) in [7, 11) is 0. The maximum Gasteiger partial charge on any atom is 0.169 e. The number of rotatable bonds is 3. The number of carbonyl (C=O) groups is 1. The Kier molecular flexibility index (Phi) is 3.05. The SMILES string of the molecule is CC(CO)C(=O)[C@H]1COC(C)(C)O1. The topological polar surface area (TPSA) is 55.8 Å². The molecule has 0 amide bonds. The van der Waals surface area contributed by atoms with E-state index in [9.17, 15) is 4.79 Å². The fourth-order valence-electron chi connectivity index (χ4n) is 1.23. The third-order valence-corrected chi connectivity index (χ3v) is 2.09. The van der Waals surface area contributed by atoms with Gasteiger partial charge in [0, 0.05) is 5.92 Å². The van der Waals surface area contributed by atoms with Gasteiger partial charge in [0.05, 0.1) is 13.2 Å². The van der Waals surface area contributed by atoms with Crippen LogP contribution in [0.25, 0.3) is 0 Å². The lowest BCUT2D eigenvalue weighted by molar-refractivity contribution is -0.154. The van der Waals surface area contributed by atoms with E-state index in [1.54, 1.807) is 20.8 Å². The van der Waals surface area contributed by atoms with Crippen LogP contribution in [0.1, 0.15) is 20.8 Å². The van der Waals surface area contributed by atoms with Crippen molar-refractivity contribution in [3.05, 3.63) is 0 Å². The first-order valence-corrected chi connectivity index (χ1v) is 4.42. The van der Waals surface area contributed by atoms with Crippen molar-refractivity contribution in [1.29, 1.82) is 0 Å². The number of aliphatic hydroxyl groups is 1. The lowest BCUT2D eigenvalue weighted by atomic mass is 10.0. The van der Waals surface area contributed by atoms with E-state index in [4.69, 9.17) is 14.6 Å². The lowest BCUT2D eigenvalue weighted by Gasteiger charge is -2.17. The van der Waals surface area contributed by atoms with Gasteiger partial charge in [-0.15, -0.1) is 0 Å². The molecule has 76 valence electrons. The normalized spacial score (nSPS) is 28.8. The number of aliphatic hydroxyl groups excluding tert-OH is 1. The minimum absolute atomic E-state index is 0.0897. The second-order valence-corrected chi connectivity index (χ2v) is 3.80. The maximum absolute atomic E-state index is 11.5. The summed E-state index contributed by atoms with van der Waals surface area (Å²) in [5.41, 5.74) is 0. The van der Waals surface area contributed by atoms with Crippen molar-refractivity contribution in [3.63, 3.8) is 0 Å². The second-order valence-electron chi connectivity index (χ2n) is 3.80. The number of ether oxygens (including phenoxy) is 2. The summed E-state index contributed by atoms with van der Waals surface area (Å²) in [6, 6.07) is 0. The van der Waals surface area contributed by atoms with E-state index in [1.165, 1.54) is 0 Å². The van der Waals surface area contributed by atoms with E-state index in [-0.39, 0.29) is 24.9 Å². The quantitative estimate of drug-likeness (QED) is 0.693. The Bertz CT molecular complexity index is 200. The molecule has 1 aliphatic rings. The van der Waals surface area contributed by atoms with E-state index in [0.717, 1.165) is 0 Å². The van der Waals surface area contributed by atoms with Gasteiger partial charge in [-0.05, 0) is 13.8 Å². The van der Waals surface area contributed by atoms with Crippen molar-refractivity contribution in [1.82, 2.24) is 0 Å². The Balaban J connectivity index is 2.51. The highest BCUT2D eigenvalue weighted by Crippen LogP contribution is 2.24. The van der Waals surface area contributed by atoms with Gasteiger partial charge in [0.25, 0.3) is 0 Å². The van der Waals surface area contributed by atoms with Gasteiger partial charge in [-0.2, -0.15) is 0 Å². The van der Waals surface area contributed by atoms with E-state index >= 15 is 0 Å². The molecule has 0 saturated carbocycles. The van der Waals surface area contributed by atoms with Gasteiger partial charge in [-0.1, -0.05) is 6.92 Å². The molecule has 0 aromatic rings. The molecule has 2 atom stereocenters. The van der Waals surface area contributed by atoms with Gasteiger partial charge in [-0.3, -0.25) is 4.79 Å². The highest BCUT2D eigenvalue weighted by molar-refractivity contribution is 5.85. The third-order valence-electron chi connectivity index (χ3n) is 2.09. The van der Waals surface area contributed by atoms with Crippen LogP contribution >= 0.6 is 0 Å². The molecule has 0 aromatic carbocycles. The first-order valence-electron chi connectivity index (χ1n) is 4.42. The Morgan fingerprint density at radius 2 is 2.31 bits per heavy atom. The molecule has 1 fully saturated rings. The third kappa shape index (κ3) is 2.49. The molecule has 0 bridgehead atoms. The summed E-state index contributed by atoms with van der Waals surface area (Å²) in [6.45, 7) is 5.36. The zero-order valence-electron chi connectivity index (χ0n) is 8.24. The maximum atomic E-state index is 11.5. The minimum atomic E-state index is -0.671. The fourth-order valence-corrected chi connectivity index (χ4v) is 1.23. The van der Waals surface area contributed by atoms with Crippen LogP contribution in [0, 0.1) is 5.92 Å². The van der Waals surface area contributed by atoms with Crippen molar-refractivity contribution in [3.8, 4) is 0 Å². The van der Waals surface area contributed by atoms with Crippen LogP contribution in [0.15, 0.2) is 0 Å². The van der Waals surface area contributed by atoms with E-state index in [1.807, 2.05) is 0 Å². The predicted molar refractivity (Wildman–Crippen MR) is 46.2 cm³/mol. The molecular formula is C9H16O4. The number of hydrogen-bond donors (Lipinski definition) is 1. The molecule has 1 saturated heterocycles. The van der Waals surface area contributed by atoms with Crippen molar-refractivity contribution < 1.29 is 19.4 Å². The Labute approximate surface area is 77.8 Å². The molecule has 1 N–H and O–H groups in total. The van der Waals surface area contributed by atoms with Gasteiger partial charge in [0.15, 0.2) is 11.6 Å². The fraction of sp³-hybridized carbons (Fsp3) is 0.889. The monoisotopic (exact) mass is 188 g/mol. The molecule has 1 rings (SSSR count). The largest absolute Gasteiger partial charge is 0.396 e. The Morgan fingerprint density at radius 1 is 1.69 bits per heavy atom. The Morgan fingerprint density at radius 3 is 2.69 bits per heavy atom. The summed E-state index contributed by atoms with van der Waals surface area (Å²) < 4.78 is 10.6. The van der Waals surface area contributed by atoms with Crippen molar-refractivity contribution in [2.75, 3.05) is 13.2 Å². The predicted octanol–water partition coefficient (Wildman–Crippen LogP) is 0.335. The molecule has 0 spiro atoms. The molecule has 0 aromatic heterocycles. The standard InChI is InChI=1S/C9H16O4/c1-6(4-10)8(11)7-5-12-9(2,3)13-7/h6-7,10H,4-5H2,1-3H3/t6?,7-/m1/s1. The van der Waals surface area contributed by atoms with Crippen LogP contribution in [0.2, 0.25) is 0 Å². The molecule has 13 heavy (non-hydrogen) atoms. The van der Waals surface area contributed by atoms with Crippen LogP contribution in [0.3, 0.4) is 0 Å². The van der Waals surface area contributed by atoms with E-state index in [2.05, 4.69) is 0 Å². The minimum Gasteiger partial charge on any atom is -0.396 e. The van der Waals surface area contributed by atoms with Gasteiger partial charge in [0.1, 0.15) is 6.10 Å². The molecular weight excluding hydrogens is 172 g/mol. The number of Topliss-reactive ketones (excluding diaryl/α,β-unsaturated/α-hetero) is 1. The average molecular weight is 188 g/mol. The van der Waals surface area contributed by atoms with E-state index in [0.29, 0.717) is 0 Å². The molecule has 1 heterocycles. The Hall–Kier alpha value is -0.450. The summed E-state index contributed by atoms with van der Waals surface area (Å²) in [5.74, 6) is -1.13. The second kappa shape index (κ2) is 3.74. The van der Waals surface area contributed by atoms with Crippen molar-refractivity contribution >= 4 is 5.78 Å². The van der Waals surface area contributed by atoms with Gasteiger partial charge >= 0.3 is 0 Å². The van der Waals surface area contributed by atoms with Gasteiger partial charge in [0.2, 0.25) is 0 Å². The molecule has 4 nitrogen and oxygen atoms in total. The van der Waals surface area contributed by atoms with Crippen LogP contribution in [-0.4, -0.2) is 36.0 Å². The van der Waals surface area contributed by atoms with Crippen LogP contribution in [0.5, 0.6) is 0 Å². The number of ketones is 1. The first kappa shape index (κ1) is 10.6. The molecule has 0 aliphatic carbocycles. The summed E-state index contributed by atoms with van der Waals surface area (Å²) in [4.78, 5) is 11.5. The van der Waals surface area contributed by atoms with Crippen LogP contribution < -0.4 is 0 Å². The smallest absolute Gasteiger partial charge is 0.169 e. The number of hydrogen-bond acceptors (Lipinski definition) is 4. The first-order chi connectivity index (χ1) is 5.96. The zero-order chi connectivity index (χ0) is 10.1. The van der Waals surface area contributed by atoms with Crippen molar-refractivity contribution in [2.45, 2.75) is 32.7 Å². The summed E-state index contributed by atoms with van der Waals surface area (Å²) in [5, 5.41) is 8.78. The van der Waals surface area contributed by atoms with E-state index < -0.39 is 11.9 Å². The van der Waals surface area contributed by atoms with Crippen LogP contribution in [0.4, 0.5) is 0 Å².